The third-order valence-electron chi connectivity index (χ3n) is 2.68. The molecule has 2 rings (SSSR count). The normalized spacial score (nSPS) is 22.1. The molecule has 0 bridgehead atoms. The zero-order valence-corrected chi connectivity index (χ0v) is 10.2. The Morgan fingerprint density at radius 3 is 2.88 bits per heavy atom. The average molecular weight is 236 g/mol. The number of aromatic hydroxyl groups is 1. The quantitative estimate of drug-likeness (QED) is 0.798. The van der Waals surface area contributed by atoms with E-state index in [0.29, 0.717) is 12.2 Å². The lowest BCUT2D eigenvalue weighted by Gasteiger charge is -2.23. The number of carbonyl (C=O) groups is 1. The largest absolute Gasteiger partial charge is 0.508 e. The molecule has 0 amide bonds. The zero-order chi connectivity index (χ0) is 12.6. The molecule has 1 aliphatic heterocycles. The van der Waals surface area contributed by atoms with Gasteiger partial charge in [-0.15, -0.1) is 0 Å². The molecular formula is C13H16O4. The van der Waals surface area contributed by atoms with Crippen molar-refractivity contribution in [1.29, 1.82) is 0 Å². The summed E-state index contributed by atoms with van der Waals surface area (Å²) in [5.74, 6) is 0.433. The number of phenolic OH excluding ortho intramolecular Hbond substituents is 1. The third kappa shape index (κ3) is 2.20. The van der Waals surface area contributed by atoms with Crippen LogP contribution in [-0.4, -0.2) is 22.8 Å². The molecule has 92 valence electrons. The van der Waals surface area contributed by atoms with Gasteiger partial charge in [-0.3, -0.25) is 0 Å². The fourth-order valence-electron chi connectivity index (χ4n) is 1.90. The fraction of sp³-hybridized carbons (Fsp3) is 0.462. The molecule has 0 fully saturated rings. The number of hydrogen-bond acceptors (Lipinski definition) is 4. The van der Waals surface area contributed by atoms with Gasteiger partial charge in [0.2, 0.25) is 5.60 Å². The van der Waals surface area contributed by atoms with Gasteiger partial charge in [0, 0.05) is 12.0 Å². The molecule has 1 atom stereocenters. The van der Waals surface area contributed by atoms with Crippen molar-refractivity contribution in [1.82, 2.24) is 0 Å². The molecule has 1 N–H and O–H groups in total. The summed E-state index contributed by atoms with van der Waals surface area (Å²) in [5, 5.41) is 9.38. The molecule has 1 aromatic carbocycles. The number of rotatable bonds is 2. The Morgan fingerprint density at radius 2 is 2.24 bits per heavy atom. The van der Waals surface area contributed by atoms with Crippen LogP contribution in [-0.2, 0) is 16.0 Å². The van der Waals surface area contributed by atoms with E-state index in [9.17, 15) is 9.90 Å². The predicted octanol–water partition coefficient (Wildman–Crippen LogP) is 2.04. The molecule has 4 nitrogen and oxygen atoms in total. The first-order valence-corrected chi connectivity index (χ1v) is 5.63. The molecule has 17 heavy (non-hydrogen) atoms. The highest BCUT2D eigenvalue weighted by Crippen LogP contribution is 2.37. The summed E-state index contributed by atoms with van der Waals surface area (Å²) in [4.78, 5) is 11.9. The van der Waals surface area contributed by atoms with Crippen LogP contribution in [0.25, 0.3) is 0 Å². The van der Waals surface area contributed by atoms with Gasteiger partial charge < -0.3 is 14.6 Å². The molecule has 0 aromatic heterocycles. The van der Waals surface area contributed by atoms with Crippen LogP contribution in [0, 0.1) is 0 Å². The van der Waals surface area contributed by atoms with E-state index in [-0.39, 0.29) is 17.8 Å². The smallest absolute Gasteiger partial charge is 0.350 e. The number of phenols is 1. The minimum Gasteiger partial charge on any atom is -0.508 e. The van der Waals surface area contributed by atoms with Gasteiger partial charge in [0.25, 0.3) is 0 Å². The first kappa shape index (κ1) is 11.8. The van der Waals surface area contributed by atoms with Gasteiger partial charge in [0.05, 0.1) is 6.10 Å². The van der Waals surface area contributed by atoms with Crippen molar-refractivity contribution in [3.8, 4) is 11.5 Å². The molecule has 1 heterocycles. The average Bonchev–Trinajstić information content (AvgIpc) is 2.54. The van der Waals surface area contributed by atoms with Gasteiger partial charge in [0.1, 0.15) is 11.5 Å². The summed E-state index contributed by atoms with van der Waals surface area (Å²) < 4.78 is 10.8. The Hall–Kier alpha value is -1.71. The van der Waals surface area contributed by atoms with Crippen molar-refractivity contribution in [3.63, 3.8) is 0 Å². The van der Waals surface area contributed by atoms with Gasteiger partial charge in [-0.05, 0) is 39.0 Å². The van der Waals surface area contributed by atoms with Gasteiger partial charge >= 0.3 is 5.97 Å². The number of fused-ring (bicyclic) bond motifs is 1. The first-order valence-electron chi connectivity index (χ1n) is 5.63. The fourth-order valence-corrected chi connectivity index (χ4v) is 1.90. The molecule has 0 saturated heterocycles. The summed E-state index contributed by atoms with van der Waals surface area (Å²) in [6.07, 6.45) is 0.252. The Morgan fingerprint density at radius 1 is 1.53 bits per heavy atom. The standard InChI is InChI=1S/C13H16O4/c1-8(2)16-12(15)13(3)7-9-6-10(14)4-5-11(9)17-13/h4-6,8,14H,7H2,1-3H3/t13-/m1/s1. The highest BCUT2D eigenvalue weighted by molar-refractivity contribution is 5.81. The van der Waals surface area contributed by atoms with E-state index in [1.807, 2.05) is 0 Å². The zero-order valence-electron chi connectivity index (χ0n) is 10.2. The topological polar surface area (TPSA) is 55.8 Å². The predicted molar refractivity (Wildman–Crippen MR) is 62.1 cm³/mol. The highest BCUT2D eigenvalue weighted by atomic mass is 16.6. The maximum atomic E-state index is 11.9. The summed E-state index contributed by atoms with van der Waals surface area (Å²) in [6, 6.07) is 4.82. The first-order chi connectivity index (χ1) is 7.90. The Labute approximate surface area is 100 Å². The number of carbonyl (C=O) groups excluding carboxylic acids is 1. The van der Waals surface area contributed by atoms with Gasteiger partial charge in [-0.25, -0.2) is 4.79 Å². The Balaban J connectivity index is 2.20. The van der Waals surface area contributed by atoms with E-state index < -0.39 is 5.60 Å². The van der Waals surface area contributed by atoms with Gasteiger partial charge in [-0.1, -0.05) is 0 Å². The number of ether oxygens (including phenoxy) is 2. The van der Waals surface area contributed by atoms with Crippen LogP contribution in [0.3, 0.4) is 0 Å². The molecule has 4 heteroatoms. The summed E-state index contributed by atoms with van der Waals surface area (Å²) >= 11 is 0. The lowest BCUT2D eigenvalue weighted by molar-refractivity contribution is -0.163. The molecule has 0 unspecified atom stereocenters. The van der Waals surface area contributed by atoms with E-state index in [1.54, 1.807) is 39.0 Å². The van der Waals surface area contributed by atoms with Crippen LogP contribution in [0.15, 0.2) is 18.2 Å². The van der Waals surface area contributed by atoms with E-state index in [4.69, 9.17) is 9.47 Å². The van der Waals surface area contributed by atoms with Gasteiger partial charge in [-0.2, -0.15) is 0 Å². The SMILES string of the molecule is CC(C)OC(=O)[C@@]1(C)Cc2cc(O)ccc2O1. The minimum absolute atomic E-state index is 0.167. The maximum Gasteiger partial charge on any atom is 0.350 e. The number of hydrogen-bond donors (Lipinski definition) is 1. The maximum absolute atomic E-state index is 11.9. The van der Waals surface area contributed by atoms with Crippen molar-refractivity contribution in [3.05, 3.63) is 23.8 Å². The molecule has 0 aliphatic carbocycles. The van der Waals surface area contributed by atoms with E-state index >= 15 is 0 Å². The van der Waals surface area contributed by atoms with Crippen LogP contribution in [0.4, 0.5) is 0 Å². The third-order valence-corrected chi connectivity index (χ3v) is 2.68. The van der Waals surface area contributed by atoms with Crippen molar-refractivity contribution < 1.29 is 19.4 Å². The van der Waals surface area contributed by atoms with Crippen LogP contribution in [0.2, 0.25) is 0 Å². The molecule has 1 aliphatic rings. The summed E-state index contributed by atoms with van der Waals surface area (Å²) in [6.45, 7) is 5.30. The summed E-state index contributed by atoms with van der Waals surface area (Å²) in [7, 11) is 0. The van der Waals surface area contributed by atoms with Crippen LogP contribution in [0.1, 0.15) is 26.3 Å². The van der Waals surface area contributed by atoms with Crippen molar-refractivity contribution >= 4 is 5.97 Å². The van der Waals surface area contributed by atoms with Crippen molar-refractivity contribution in [2.45, 2.75) is 38.9 Å². The summed E-state index contributed by atoms with van der Waals surface area (Å²) in [5.41, 5.74) is -0.159. The second-order valence-corrected chi connectivity index (χ2v) is 4.76. The minimum atomic E-state index is -0.986. The van der Waals surface area contributed by atoms with E-state index in [0.717, 1.165) is 5.56 Å². The van der Waals surface area contributed by atoms with Crippen molar-refractivity contribution in [2.24, 2.45) is 0 Å². The molecule has 0 spiro atoms. The Kier molecular flexibility index (Phi) is 2.73. The lowest BCUT2D eigenvalue weighted by Crippen LogP contribution is -2.42. The van der Waals surface area contributed by atoms with E-state index in [1.165, 1.54) is 0 Å². The lowest BCUT2D eigenvalue weighted by atomic mass is 9.99. The van der Waals surface area contributed by atoms with Crippen LogP contribution >= 0.6 is 0 Å². The second-order valence-electron chi connectivity index (χ2n) is 4.76. The molecule has 0 saturated carbocycles. The van der Waals surface area contributed by atoms with Gasteiger partial charge in [0.15, 0.2) is 0 Å². The highest BCUT2D eigenvalue weighted by Gasteiger charge is 2.43. The Bertz CT molecular complexity index is 453. The molecule has 1 aromatic rings. The second kappa shape index (κ2) is 3.95. The van der Waals surface area contributed by atoms with Crippen LogP contribution < -0.4 is 4.74 Å². The monoisotopic (exact) mass is 236 g/mol. The van der Waals surface area contributed by atoms with Crippen LogP contribution in [0.5, 0.6) is 11.5 Å². The molecular weight excluding hydrogens is 220 g/mol. The number of benzene rings is 1. The van der Waals surface area contributed by atoms with E-state index in [2.05, 4.69) is 0 Å². The van der Waals surface area contributed by atoms with Crippen molar-refractivity contribution in [2.75, 3.05) is 0 Å². The molecule has 0 radical (unpaired) electrons. The number of esters is 1.